The van der Waals surface area contributed by atoms with Gasteiger partial charge in [-0.15, -0.1) is 0 Å². The van der Waals surface area contributed by atoms with Crippen LogP contribution in [0.15, 0.2) is 0 Å². The van der Waals surface area contributed by atoms with Crippen LogP contribution in [0.4, 0.5) is 0 Å². The summed E-state index contributed by atoms with van der Waals surface area (Å²) < 4.78 is 0. The third-order valence-corrected chi connectivity index (χ3v) is 3.13. The number of unbranched alkanes of at least 4 members (excludes halogenated alkanes) is 5. The molecular weight excluding hydrogens is 158 g/mol. The fourth-order valence-corrected chi connectivity index (χ4v) is 2.17. The maximum atomic E-state index is 3.43. The van der Waals surface area contributed by atoms with Gasteiger partial charge in [-0.25, -0.2) is 0 Å². The first-order valence-corrected chi connectivity index (χ1v) is 6.14. The molecule has 1 aliphatic heterocycles. The molecule has 1 rings (SSSR count). The van der Waals surface area contributed by atoms with Crippen molar-refractivity contribution >= 4 is 0 Å². The molecule has 0 saturated carbocycles. The third kappa shape index (κ3) is 5.30. The summed E-state index contributed by atoms with van der Waals surface area (Å²) in [6, 6.07) is 0. The first kappa shape index (κ1) is 11.0. The maximum absolute atomic E-state index is 3.43. The molecule has 0 bridgehead atoms. The Bertz CT molecular complexity index is 106. The van der Waals surface area contributed by atoms with Crippen molar-refractivity contribution in [1.29, 1.82) is 0 Å². The van der Waals surface area contributed by atoms with Crippen molar-refractivity contribution in [2.45, 2.75) is 58.3 Å². The van der Waals surface area contributed by atoms with Gasteiger partial charge in [-0.2, -0.15) is 0 Å². The number of hydrogen-bond acceptors (Lipinski definition) is 1. The summed E-state index contributed by atoms with van der Waals surface area (Å²) in [5.74, 6) is 1.01. The van der Waals surface area contributed by atoms with E-state index >= 15 is 0 Å². The summed E-state index contributed by atoms with van der Waals surface area (Å²) in [5, 5.41) is 3.43. The summed E-state index contributed by atoms with van der Waals surface area (Å²) in [7, 11) is 0. The van der Waals surface area contributed by atoms with E-state index in [1.54, 1.807) is 0 Å². The highest BCUT2D eigenvalue weighted by Gasteiger charge is 2.12. The molecule has 1 fully saturated rings. The smallest absolute Gasteiger partial charge is 0.00200 e. The van der Waals surface area contributed by atoms with E-state index in [1.807, 2.05) is 0 Å². The Morgan fingerprint density at radius 2 is 1.85 bits per heavy atom. The molecule has 0 amide bonds. The summed E-state index contributed by atoms with van der Waals surface area (Å²) in [5.41, 5.74) is 0. The fraction of sp³-hybridized carbons (Fsp3) is 1.00. The molecule has 1 atom stereocenters. The van der Waals surface area contributed by atoms with Gasteiger partial charge in [-0.05, 0) is 31.8 Å². The predicted molar refractivity (Wildman–Crippen MR) is 59.0 cm³/mol. The van der Waals surface area contributed by atoms with Crippen molar-refractivity contribution in [3.05, 3.63) is 0 Å². The van der Waals surface area contributed by atoms with Crippen molar-refractivity contribution in [3.63, 3.8) is 0 Å². The lowest BCUT2D eigenvalue weighted by molar-refractivity contribution is 0.482. The first-order valence-electron chi connectivity index (χ1n) is 6.14. The van der Waals surface area contributed by atoms with Gasteiger partial charge in [0.25, 0.3) is 0 Å². The monoisotopic (exact) mass is 183 g/mol. The minimum Gasteiger partial charge on any atom is -0.316 e. The lowest BCUT2D eigenvalue weighted by Crippen LogP contribution is -2.08. The fourth-order valence-electron chi connectivity index (χ4n) is 2.17. The lowest BCUT2D eigenvalue weighted by atomic mass is 10.00. The highest BCUT2D eigenvalue weighted by Crippen LogP contribution is 2.17. The first-order chi connectivity index (χ1) is 6.43. The van der Waals surface area contributed by atoms with Gasteiger partial charge in [-0.1, -0.05) is 45.4 Å². The zero-order valence-electron chi connectivity index (χ0n) is 9.15. The Morgan fingerprint density at radius 1 is 1.08 bits per heavy atom. The van der Waals surface area contributed by atoms with Crippen LogP contribution in [0.3, 0.4) is 0 Å². The molecule has 0 aromatic heterocycles. The average molecular weight is 183 g/mol. The van der Waals surface area contributed by atoms with E-state index in [0.717, 1.165) is 5.92 Å². The number of nitrogens with one attached hydrogen (secondary N) is 1. The quantitative estimate of drug-likeness (QED) is 0.597. The normalized spacial score (nSPS) is 22.4. The van der Waals surface area contributed by atoms with Crippen molar-refractivity contribution in [2.75, 3.05) is 13.1 Å². The van der Waals surface area contributed by atoms with E-state index in [0.29, 0.717) is 0 Å². The van der Waals surface area contributed by atoms with Gasteiger partial charge in [0, 0.05) is 0 Å². The molecule has 1 aliphatic rings. The number of rotatable bonds is 7. The SMILES string of the molecule is CCCCCCCC[C@@H]1CCNC1. The highest BCUT2D eigenvalue weighted by atomic mass is 14.9. The van der Waals surface area contributed by atoms with Crippen molar-refractivity contribution < 1.29 is 0 Å². The van der Waals surface area contributed by atoms with Gasteiger partial charge in [0.05, 0.1) is 0 Å². The molecule has 1 heterocycles. The average Bonchev–Trinajstić information content (AvgIpc) is 2.63. The van der Waals surface area contributed by atoms with Gasteiger partial charge in [0.1, 0.15) is 0 Å². The Hall–Kier alpha value is -0.0400. The molecule has 0 aliphatic carbocycles. The van der Waals surface area contributed by atoms with Gasteiger partial charge in [0.15, 0.2) is 0 Å². The van der Waals surface area contributed by atoms with Crippen LogP contribution in [0.25, 0.3) is 0 Å². The third-order valence-electron chi connectivity index (χ3n) is 3.13. The van der Waals surface area contributed by atoms with Crippen molar-refractivity contribution in [1.82, 2.24) is 5.32 Å². The lowest BCUT2D eigenvalue weighted by Gasteiger charge is -2.06. The molecule has 0 spiro atoms. The van der Waals surface area contributed by atoms with Crippen molar-refractivity contribution in [2.24, 2.45) is 5.92 Å². The van der Waals surface area contributed by atoms with Gasteiger partial charge in [-0.3, -0.25) is 0 Å². The van der Waals surface area contributed by atoms with Crippen LogP contribution in [0.5, 0.6) is 0 Å². The second-order valence-electron chi connectivity index (χ2n) is 4.42. The van der Waals surface area contributed by atoms with Gasteiger partial charge >= 0.3 is 0 Å². The number of hydrogen-bond donors (Lipinski definition) is 1. The second kappa shape index (κ2) is 7.37. The van der Waals surface area contributed by atoms with E-state index in [4.69, 9.17) is 0 Å². The van der Waals surface area contributed by atoms with Crippen LogP contribution in [0.2, 0.25) is 0 Å². The van der Waals surface area contributed by atoms with Crippen LogP contribution >= 0.6 is 0 Å². The topological polar surface area (TPSA) is 12.0 Å². The minimum absolute atomic E-state index is 1.01. The van der Waals surface area contributed by atoms with Crippen molar-refractivity contribution in [3.8, 4) is 0 Å². The van der Waals surface area contributed by atoms with E-state index in [-0.39, 0.29) is 0 Å². The summed E-state index contributed by atoms with van der Waals surface area (Å²) in [6.07, 6.45) is 11.6. The minimum atomic E-state index is 1.01. The van der Waals surface area contributed by atoms with E-state index in [2.05, 4.69) is 12.2 Å². The zero-order chi connectivity index (χ0) is 9.36. The molecule has 0 radical (unpaired) electrons. The van der Waals surface area contributed by atoms with E-state index in [9.17, 15) is 0 Å². The van der Waals surface area contributed by atoms with Crippen LogP contribution in [0, 0.1) is 5.92 Å². The molecule has 13 heavy (non-hydrogen) atoms. The predicted octanol–water partition coefficient (Wildman–Crippen LogP) is 3.35. The van der Waals surface area contributed by atoms with E-state index < -0.39 is 0 Å². The van der Waals surface area contributed by atoms with E-state index in [1.165, 1.54) is 64.5 Å². The van der Waals surface area contributed by atoms with Gasteiger partial charge in [0.2, 0.25) is 0 Å². The molecule has 78 valence electrons. The Kier molecular flexibility index (Phi) is 6.26. The second-order valence-corrected chi connectivity index (χ2v) is 4.42. The molecule has 1 N–H and O–H groups in total. The highest BCUT2D eigenvalue weighted by molar-refractivity contribution is 4.70. The van der Waals surface area contributed by atoms with Crippen LogP contribution in [0.1, 0.15) is 58.3 Å². The van der Waals surface area contributed by atoms with Crippen LogP contribution < -0.4 is 5.32 Å². The molecule has 0 aromatic rings. The molecule has 1 nitrogen and oxygen atoms in total. The zero-order valence-corrected chi connectivity index (χ0v) is 9.15. The maximum Gasteiger partial charge on any atom is -0.00200 e. The molecule has 0 unspecified atom stereocenters. The Labute approximate surface area is 83.3 Å². The van der Waals surface area contributed by atoms with Crippen LogP contribution in [-0.4, -0.2) is 13.1 Å². The molecule has 1 saturated heterocycles. The van der Waals surface area contributed by atoms with Gasteiger partial charge < -0.3 is 5.32 Å². The molecular formula is C12H25N. The Morgan fingerprint density at radius 3 is 2.54 bits per heavy atom. The molecule has 1 heteroatoms. The molecule has 0 aromatic carbocycles. The summed E-state index contributed by atoms with van der Waals surface area (Å²) in [4.78, 5) is 0. The summed E-state index contributed by atoms with van der Waals surface area (Å²) >= 11 is 0. The van der Waals surface area contributed by atoms with Crippen LogP contribution in [-0.2, 0) is 0 Å². The standard InChI is InChI=1S/C12H25N/c1-2-3-4-5-6-7-8-12-9-10-13-11-12/h12-13H,2-11H2,1H3/t12-/m1/s1. The largest absolute Gasteiger partial charge is 0.316 e. The Balaban J connectivity index is 1.78. The summed E-state index contributed by atoms with van der Waals surface area (Å²) in [6.45, 7) is 4.83.